The summed E-state index contributed by atoms with van der Waals surface area (Å²) in [4.78, 5) is 24.8. The molecule has 0 aliphatic rings. The summed E-state index contributed by atoms with van der Waals surface area (Å²) < 4.78 is 4.59. The summed E-state index contributed by atoms with van der Waals surface area (Å²) >= 11 is 0. The average molecular weight is 325 g/mol. The van der Waals surface area contributed by atoms with Gasteiger partial charge in [-0.3, -0.25) is 13.9 Å². The molecule has 0 spiro atoms. The SMILES string of the molecule is Cn1cc2c(c1-c1ccc(C(C)(C)C)cc1)c(=O)n(C)c(=O)n2C. The standard InChI is InChI=1S/C19H23N3O2/c1-19(2,3)13-9-7-12(8-10-13)16-15-14(11-20(16)4)21(5)18(24)22(6)17(15)23/h7-11H,1-6H3. The largest absolute Gasteiger partial charge is 0.348 e. The van der Waals surface area contributed by atoms with Crippen LogP contribution in [0.25, 0.3) is 22.2 Å². The van der Waals surface area contributed by atoms with Gasteiger partial charge in [0.15, 0.2) is 0 Å². The van der Waals surface area contributed by atoms with E-state index in [4.69, 9.17) is 0 Å². The average Bonchev–Trinajstić information content (AvgIpc) is 2.87. The zero-order valence-electron chi connectivity index (χ0n) is 15.0. The van der Waals surface area contributed by atoms with Crippen molar-refractivity contribution in [3.05, 3.63) is 56.9 Å². The Morgan fingerprint density at radius 1 is 0.875 bits per heavy atom. The third-order valence-corrected chi connectivity index (χ3v) is 4.64. The maximum atomic E-state index is 12.7. The highest BCUT2D eigenvalue weighted by atomic mass is 16.2. The monoisotopic (exact) mass is 325 g/mol. The minimum absolute atomic E-state index is 0.0782. The lowest BCUT2D eigenvalue weighted by Crippen LogP contribution is -2.36. The van der Waals surface area contributed by atoms with Gasteiger partial charge in [-0.25, -0.2) is 4.79 Å². The summed E-state index contributed by atoms with van der Waals surface area (Å²) in [6.07, 6.45) is 1.84. The smallest absolute Gasteiger partial charge is 0.330 e. The topological polar surface area (TPSA) is 48.9 Å². The third-order valence-electron chi connectivity index (χ3n) is 4.64. The van der Waals surface area contributed by atoms with Gasteiger partial charge in [-0.2, -0.15) is 0 Å². The normalized spacial score (nSPS) is 12.1. The van der Waals surface area contributed by atoms with Crippen molar-refractivity contribution < 1.29 is 0 Å². The van der Waals surface area contributed by atoms with Crippen LogP contribution in [0.5, 0.6) is 0 Å². The molecule has 3 rings (SSSR count). The van der Waals surface area contributed by atoms with E-state index in [1.54, 1.807) is 7.05 Å². The van der Waals surface area contributed by atoms with Crippen LogP contribution in [0, 0.1) is 0 Å². The zero-order valence-corrected chi connectivity index (χ0v) is 15.0. The van der Waals surface area contributed by atoms with Crippen LogP contribution in [0.4, 0.5) is 0 Å². The highest BCUT2D eigenvalue weighted by Crippen LogP contribution is 2.29. The van der Waals surface area contributed by atoms with Crippen molar-refractivity contribution in [3.63, 3.8) is 0 Å². The van der Waals surface area contributed by atoms with Crippen molar-refractivity contribution in [2.24, 2.45) is 21.1 Å². The molecule has 0 saturated heterocycles. The molecule has 0 unspecified atom stereocenters. The van der Waals surface area contributed by atoms with Crippen molar-refractivity contribution in [1.82, 2.24) is 13.7 Å². The van der Waals surface area contributed by atoms with Gasteiger partial charge in [-0.15, -0.1) is 0 Å². The van der Waals surface area contributed by atoms with E-state index >= 15 is 0 Å². The summed E-state index contributed by atoms with van der Waals surface area (Å²) in [6, 6.07) is 8.28. The molecule has 126 valence electrons. The lowest BCUT2D eigenvalue weighted by molar-refractivity contribution is 0.590. The lowest BCUT2D eigenvalue weighted by Gasteiger charge is -2.19. The molecule has 5 heteroatoms. The molecule has 24 heavy (non-hydrogen) atoms. The molecule has 0 fully saturated rings. The van der Waals surface area contributed by atoms with E-state index in [9.17, 15) is 9.59 Å². The molecule has 2 aromatic heterocycles. The van der Waals surface area contributed by atoms with Gasteiger partial charge in [0.25, 0.3) is 5.56 Å². The molecular weight excluding hydrogens is 302 g/mol. The molecule has 0 bridgehead atoms. The molecule has 0 aliphatic carbocycles. The summed E-state index contributed by atoms with van der Waals surface area (Å²) in [5, 5.41) is 0.575. The van der Waals surface area contributed by atoms with Crippen LogP contribution in [0.15, 0.2) is 40.1 Å². The Morgan fingerprint density at radius 2 is 1.46 bits per heavy atom. The van der Waals surface area contributed by atoms with Crippen LogP contribution in [0.1, 0.15) is 26.3 Å². The molecule has 0 atom stereocenters. The van der Waals surface area contributed by atoms with Gasteiger partial charge in [0.05, 0.1) is 16.6 Å². The van der Waals surface area contributed by atoms with E-state index in [-0.39, 0.29) is 16.7 Å². The first-order valence-corrected chi connectivity index (χ1v) is 7.99. The first kappa shape index (κ1) is 16.3. The fourth-order valence-corrected chi connectivity index (χ4v) is 3.13. The van der Waals surface area contributed by atoms with E-state index < -0.39 is 0 Å². The lowest BCUT2D eigenvalue weighted by atomic mass is 9.86. The molecule has 5 nitrogen and oxygen atoms in total. The number of aromatic nitrogens is 3. The summed E-state index contributed by atoms with van der Waals surface area (Å²) in [5.41, 5.74) is 3.20. The molecule has 0 amide bonds. The summed E-state index contributed by atoms with van der Waals surface area (Å²) in [6.45, 7) is 6.52. The first-order chi connectivity index (χ1) is 11.1. The van der Waals surface area contributed by atoms with E-state index in [0.29, 0.717) is 10.9 Å². The Labute approximate surface area is 140 Å². The number of hydrogen-bond donors (Lipinski definition) is 0. The summed E-state index contributed by atoms with van der Waals surface area (Å²) in [7, 11) is 5.11. The molecule has 0 aliphatic heterocycles. The van der Waals surface area contributed by atoms with Crippen molar-refractivity contribution in [2.45, 2.75) is 26.2 Å². The maximum absolute atomic E-state index is 12.7. The molecule has 0 radical (unpaired) electrons. The minimum atomic E-state index is -0.312. The van der Waals surface area contributed by atoms with Crippen LogP contribution >= 0.6 is 0 Å². The second-order valence-corrected chi connectivity index (χ2v) is 7.38. The Balaban J connectivity index is 2.34. The van der Waals surface area contributed by atoms with Crippen LogP contribution < -0.4 is 11.2 Å². The number of aryl methyl sites for hydroxylation is 2. The van der Waals surface area contributed by atoms with Gasteiger partial charge >= 0.3 is 5.69 Å². The number of benzene rings is 1. The van der Waals surface area contributed by atoms with E-state index in [2.05, 4.69) is 32.9 Å². The Bertz CT molecular complexity index is 1040. The van der Waals surface area contributed by atoms with Crippen molar-refractivity contribution >= 4 is 10.9 Å². The van der Waals surface area contributed by atoms with E-state index in [1.807, 2.05) is 29.9 Å². The molecule has 0 N–H and O–H groups in total. The molecule has 3 aromatic rings. The maximum Gasteiger partial charge on any atom is 0.330 e. The fourth-order valence-electron chi connectivity index (χ4n) is 3.13. The predicted molar refractivity (Wildman–Crippen MR) is 97.5 cm³/mol. The van der Waals surface area contributed by atoms with Gasteiger partial charge < -0.3 is 4.57 Å². The second-order valence-electron chi connectivity index (χ2n) is 7.38. The van der Waals surface area contributed by atoms with Crippen molar-refractivity contribution in [3.8, 4) is 11.3 Å². The Kier molecular flexibility index (Phi) is 3.55. The van der Waals surface area contributed by atoms with Gasteiger partial charge in [-0.05, 0) is 16.5 Å². The minimum Gasteiger partial charge on any atom is -0.348 e. The highest BCUT2D eigenvalue weighted by Gasteiger charge is 2.19. The Morgan fingerprint density at radius 3 is 2.00 bits per heavy atom. The van der Waals surface area contributed by atoms with Crippen LogP contribution in [0.3, 0.4) is 0 Å². The third kappa shape index (κ3) is 2.31. The number of fused-ring (bicyclic) bond motifs is 1. The van der Waals surface area contributed by atoms with Crippen LogP contribution in [-0.4, -0.2) is 13.7 Å². The van der Waals surface area contributed by atoms with Gasteiger partial charge in [0.1, 0.15) is 0 Å². The van der Waals surface area contributed by atoms with Crippen LogP contribution in [-0.2, 0) is 26.6 Å². The Hall–Kier alpha value is -2.56. The first-order valence-electron chi connectivity index (χ1n) is 7.99. The van der Waals surface area contributed by atoms with Gasteiger partial charge in [-0.1, -0.05) is 45.0 Å². The predicted octanol–water partition coefficient (Wildman–Crippen LogP) is 2.54. The van der Waals surface area contributed by atoms with E-state index in [0.717, 1.165) is 15.8 Å². The van der Waals surface area contributed by atoms with Gasteiger partial charge in [0, 0.05) is 27.3 Å². The summed E-state index contributed by atoms with van der Waals surface area (Å²) in [5.74, 6) is 0. The number of rotatable bonds is 1. The van der Waals surface area contributed by atoms with Crippen LogP contribution in [0.2, 0.25) is 0 Å². The zero-order chi connectivity index (χ0) is 17.8. The fraction of sp³-hybridized carbons (Fsp3) is 0.368. The molecule has 2 heterocycles. The van der Waals surface area contributed by atoms with E-state index in [1.165, 1.54) is 17.2 Å². The van der Waals surface area contributed by atoms with Crippen molar-refractivity contribution in [2.75, 3.05) is 0 Å². The quantitative estimate of drug-likeness (QED) is 0.690. The molecule has 1 aromatic carbocycles. The molecule has 0 saturated carbocycles. The molecular formula is C19H23N3O2. The number of hydrogen-bond acceptors (Lipinski definition) is 2. The van der Waals surface area contributed by atoms with Gasteiger partial charge in [0.2, 0.25) is 0 Å². The van der Waals surface area contributed by atoms with Crippen molar-refractivity contribution in [1.29, 1.82) is 0 Å². The number of nitrogens with zero attached hydrogens (tertiary/aromatic N) is 3. The second kappa shape index (κ2) is 5.23. The highest BCUT2D eigenvalue weighted by molar-refractivity contribution is 5.93.